The van der Waals surface area contributed by atoms with Gasteiger partial charge in [-0.1, -0.05) is 60.7 Å². The first-order chi connectivity index (χ1) is 13.2. The number of hydrogen-bond donors (Lipinski definition) is 2. The molecule has 2 aromatic heterocycles. The minimum atomic E-state index is -0.116. The summed E-state index contributed by atoms with van der Waals surface area (Å²) in [5.41, 5.74) is 2.83. The molecular weight excluding hydrogens is 340 g/mol. The van der Waals surface area contributed by atoms with Crippen molar-refractivity contribution in [3.05, 3.63) is 85.2 Å². The molecule has 0 unspecified atom stereocenters. The Bertz CT molecular complexity index is 980. The Morgan fingerprint density at radius 2 is 0.963 bits per heavy atom. The fourth-order valence-electron chi connectivity index (χ4n) is 2.81. The number of benzene rings is 2. The molecule has 132 valence electrons. The lowest BCUT2D eigenvalue weighted by Gasteiger charge is -2.12. The van der Waals surface area contributed by atoms with Crippen molar-refractivity contribution in [2.45, 2.75) is 0 Å². The van der Waals surface area contributed by atoms with Gasteiger partial charge in [-0.05, 0) is 23.3 Å². The van der Waals surface area contributed by atoms with Gasteiger partial charge in [0.05, 0.1) is 0 Å². The second-order valence-electron chi connectivity index (χ2n) is 5.86. The van der Waals surface area contributed by atoms with Crippen molar-refractivity contribution in [2.24, 2.45) is 0 Å². The molecular formula is C22H16N2O3. The Hall–Kier alpha value is -3.86. The number of rotatable bonds is 4. The van der Waals surface area contributed by atoms with Crippen LogP contribution in [0.1, 0.15) is 0 Å². The van der Waals surface area contributed by atoms with E-state index < -0.39 is 0 Å². The molecule has 0 fully saturated rings. The molecule has 4 rings (SSSR count). The summed E-state index contributed by atoms with van der Waals surface area (Å²) >= 11 is 0. The van der Waals surface area contributed by atoms with Gasteiger partial charge in [-0.25, -0.2) is 9.97 Å². The fourth-order valence-corrected chi connectivity index (χ4v) is 2.81. The van der Waals surface area contributed by atoms with Crippen molar-refractivity contribution in [2.75, 3.05) is 0 Å². The predicted molar refractivity (Wildman–Crippen MR) is 103 cm³/mol. The van der Waals surface area contributed by atoms with E-state index in [4.69, 9.17) is 4.74 Å². The summed E-state index contributed by atoms with van der Waals surface area (Å²) in [6, 6.07) is 22.2. The molecule has 27 heavy (non-hydrogen) atoms. The SMILES string of the molecule is Oc1c(-c2ccccc2)ccnc1Oc1nccc(-c2ccccc2)c1O. The largest absolute Gasteiger partial charge is 0.503 e. The molecule has 2 aromatic carbocycles. The summed E-state index contributed by atoms with van der Waals surface area (Å²) in [5, 5.41) is 21.2. The second kappa shape index (κ2) is 7.17. The first-order valence-corrected chi connectivity index (χ1v) is 8.38. The third-order valence-electron chi connectivity index (χ3n) is 4.14. The maximum Gasteiger partial charge on any atom is 0.264 e. The smallest absolute Gasteiger partial charge is 0.264 e. The molecule has 0 aliphatic rings. The van der Waals surface area contributed by atoms with Crippen LogP contribution in [-0.4, -0.2) is 20.2 Å². The monoisotopic (exact) mass is 356 g/mol. The highest BCUT2D eigenvalue weighted by atomic mass is 16.5. The van der Waals surface area contributed by atoms with Crippen molar-refractivity contribution in [3.8, 4) is 45.5 Å². The van der Waals surface area contributed by atoms with Crippen molar-refractivity contribution in [1.82, 2.24) is 9.97 Å². The molecule has 0 atom stereocenters. The molecule has 0 spiro atoms. The van der Waals surface area contributed by atoms with E-state index in [0.717, 1.165) is 11.1 Å². The van der Waals surface area contributed by atoms with Crippen LogP contribution in [0.4, 0.5) is 0 Å². The van der Waals surface area contributed by atoms with Crippen molar-refractivity contribution < 1.29 is 14.9 Å². The van der Waals surface area contributed by atoms with Crippen LogP contribution in [0.2, 0.25) is 0 Å². The molecule has 0 aliphatic carbocycles. The number of aromatic hydroxyl groups is 2. The lowest BCUT2D eigenvalue weighted by Crippen LogP contribution is -1.94. The Morgan fingerprint density at radius 3 is 1.37 bits per heavy atom. The van der Waals surface area contributed by atoms with Gasteiger partial charge >= 0.3 is 0 Å². The Kier molecular flexibility index (Phi) is 4.41. The Balaban J connectivity index is 1.72. The van der Waals surface area contributed by atoms with Gasteiger partial charge in [-0.2, -0.15) is 0 Å². The van der Waals surface area contributed by atoms with Crippen LogP contribution in [-0.2, 0) is 0 Å². The fraction of sp³-hybridized carbons (Fsp3) is 0. The molecule has 5 heteroatoms. The van der Waals surface area contributed by atoms with Crippen LogP contribution in [0.15, 0.2) is 85.2 Å². The second-order valence-corrected chi connectivity index (χ2v) is 5.86. The minimum absolute atomic E-state index is 0.0237. The number of pyridine rings is 2. The van der Waals surface area contributed by atoms with E-state index in [1.807, 2.05) is 60.7 Å². The van der Waals surface area contributed by atoms with E-state index in [1.54, 1.807) is 12.1 Å². The third-order valence-corrected chi connectivity index (χ3v) is 4.14. The summed E-state index contributed by atoms with van der Waals surface area (Å²) in [7, 11) is 0. The highest BCUT2D eigenvalue weighted by molar-refractivity contribution is 5.74. The van der Waals surface area contributed by atoms with E-state index >= 15 is 0 Å². The topological polar surface area (TPSA) is 75.5 Å². The van der Waals surface area contributed by atoms with Crippen molar-refractivity contribution in [1.29, 1.82) is 0 Å². The molecule has 0 saturated heterocycles. The molecule has 0 saturated carbocycles. The lowest BCUT2D eigenvalue weighted by molar-refractivity contribution is 0.364. The van der Waals surface area contributed by atoms with Crippen LogP contribution in [0.5, 0.6) is 23.3 Å². The maximum atomic E-state index is 10.6. The van der Waals surface area contributed by atoms with E-state index in [9.17, 15) is 10.2 Å². The summed E-state index contributed by atoms with van der Waals surface area (Å²) < 4.78 is 5.64. The van der Waals surface area contributed by atoms with Crippen LogP contribution in [0.25, 0.3) is 22.3 Å². The van der Waals surface area contributed by atoms with Crippen LogP contribution in [0, 0.1) is 0 Å². The van der Waals surface area contributed by atoms with Crippen molar-refractivity contribution >= 4 is 0 Å². The van der Waals surface area contributed by atoms with Gasteiger partial charge in [0.15, 0.2) is 11.5 Å². The normalized spacial score (nSPS) is 10.5. The molecule has 0 amide bonds. The van der Waals surface area contributed by atoms with Gasteiger partial charge in [0, 0.05) is 23.5 Å². The van der Waals surface area contributed by atoms with Gasteiger partial charge < -0.3 is 14.9 Å². The zero-order valence-electron chi connectivity index (χ0n) is 14.3. The average molecular weight is 356 g/mol. The van der Waals surface area contributed by atoms with Crippen LogP contribution >= 0.6 is 0 Å². The quantitative estimate of drug-likeness (QED) is 0.537. The summed E-state index contributed by atoms with van der Waals surface area (Å²) in [6.07, 6.45) is 3.07. The maximum absolute atomic E-state index is 10.6. The van der Waals surface area contributed by atoms with Crippen LogP contribution in [0.3, 0.4) is 0 Å². The minimum Gasteiger partial charge on any atom is -0.503 e. The number of nitrogens with zero attached hydrogens (tertiary/aromatic N) is 2. The number of aromatic nitrogens is 2. The molecule has 5 nitrogen and oxygen atoms in total. The number of ether oxygens (including phenoxy) is 1. The predicted octanol–water partition coefficient (Wildman–Crippen LogP) is 5.01. The average Bonchev–Trinajstić information content (AvgIpc) is 2.72. The zero-order chi connectivity index (χ0) is 18.6. The molecule has 0 bridgehead atoms. The van der Waals surface area contributed by atoms with E-state index in [1.165, 1.54) is 12.4 Å². The first-order valence-electron chi connectivity index (χ1n) is 8.38. The zero-order valence-corrected chi connectivity index (χ0v) is 14.3. The van der Waals surface area contributed by atoms with E-state index in [-0.39, 0.29) is 23.3 Å². The highest BCUT2D eigenvalue weighted by Gasteiger charge is 2.17. The Morgan fingerprint density at radius 1 is 0.556 bits per heavy atom. The highest BCUT2D eigenvalue weighted by Crippen LogP contribution is 2.41. The van der Waals surface area contributed by atoms with Crippen molar-refractivity contribution in [3.63, 3.8) is 0 Å². The van der Waals surface area contributed by atoms with E-state index in [0.29, 0.717) is 11.1 Å². The standard InChI is InChI=1S/C22H16N2O3/c25-19-17(15-7-3-1-4-8-15)11-13-23-21(19)27-22-20(26)18(12-14-24-22)16-9-5-2-6-10-16/h1-14,25-26H. The van der Waals surface area contributed by atoms with Gasteiger partial charge in [-0.15, -0.1) is 0 Å². The lowest BCUT2D eigenvalue weighted by atomic mass is 10.1. The summed E-state index contributed by atoms with van der Waals surface area (Å²) in [6.45, 7) is 0. The van der Waals surface area contributed by atoms with Gasteiger partial charge in [0.2, 0.25) is 0 Å². The van der Waals surface area contributed by atoms with Gasteiger partial charge in [-0.3, -0.25) is 0 Å². The van der Waals surface area contributed by atoms with Crippen LogP contribution < -0.4 is 4.74 Å². The summed E-state index contributed by atoms with van der Waals surface area (Å²) in [4.78, 5) is 8.16. The number of hydrogen-bond acceptors (Lipinski definition) is 5. The van der Waals surface area contributed by atoms with E-state index in [2.05, 4.69) is 9.97 Å². The third kappa shape index (κ3) is 3.30. The first kappa shape index (κ1) is 16.6. The Labute approximate surface area is 156 Å². The van der Waals surface area contributed by atoms with Gasteiger partial charge in [0.25, 0.3) is 11.8 Å². The molecule has 0 radical (unpaired) electrons. The summed E-state index contributed by atoms with van der Waals surface area (Å²) in [5.74, 6) is -0.279. The molecule has 0 aliphatic heterocycles. The molecule has 2 N–H and O–H groups in total. The molecule has 2 heterocycles. The molecule has 4 aromatic rings. The van der Waals surface area contributed by atoms with Gasteiger partial charge in [0.1, 0.15) is 0 Å².